The largest absolute Gasteiger partial charge is 0.492 e. The third-order valence-electron chi connectivity index (χ3n) is 3.95. The van der Waals surface area contributed by atoms with Crippen molar-refractivity contribution in [1.29, 1.82) is 0 Å². The van der Waals surface area contributed by atoms with Crippen molar-refractivity contribution in [2.24, 2.45) is 0 Å². The maximum absolute atomic E-state index is 12.5. The van der Waals surface area contributed by atoms with Gasteiger partial charge < -0.3 is 4.74 Å². The van der Waals surface area contributed by atoms with Gasteiger partial charge in [0.1, 0.15) is 12.4 Å². The topological polar surface area (TPSA) is 63.7 Å². The van der Waals surface area contributed by atoms with E-state index in [2.05, 4.69) is 6.92 Å². The molecular formula is C19H23NO4S. The number of aryl methyl sites for hydroxylation is 1. The second-order valence-electron chi connectivity index (χ2n) is 5.76. The summed E-state index contributed by atoms with van der Waals surface area (Å²) in [7, 11) is -2.09. The number of benzene rings is 2. The molecule has 0 heterocycles. The van der Waals surface area contributed by atoms with Gasteiger partial charge in [-0.3, -0.25) is 4.79 Å². The Kier molecular flexibility index (Phi) is 6.33. The van der Waals surface area contributed by atoms with Crippen LogP contribution >= 0.6 is 0 Å². The van der Waals surface area contributed by atoms with E-state index in [1.54, 1.807) is 0 Å². The molecule has 0 N–H and O–H groups in total. The molecule has 0 radical (unpaired) electrons. The van der Waals surface area contributed by atoms with Crippen LogP contribution in [0.2, 0.25) is 0 Å². The van der Waals surface area contributed by atoms with Crippen molar-refractivity contribution < 1.29 is 17.9 Å². The third-order valence-corrected chi connectivity index (χ3v) is 5.82. The van der Waals surface area contributed by atoms with E-state index in [0.717, 1.165) is 12.2 Å². The lowest BCUT2D eigenvalue weighted by Crippen LogP contribution is -2.31. The molecule has 0 saturated heterocycles. The Morgan fingerprint density at radius 2 is 1.80 bits per heavy atom. The van der Waals surface area contributed by atoms with E-state index >= 15 is 0 Å². The lowest BCUT2D eigenvalue weighted by molar-refractivity contribution is 0.101. The van der Waals surface area contributed by atoms with Crippen molar-refractivity contribution in [1.82, 2.24) is 4.31 Å². The molecule has 0 fully saturated rings. The van der Waals surface area contributed by atoms with E-state index in [4.69, 9.17) is 4.74 Å². The molecule has 6 heteroatoms. The van der Waals surface area contributed by atoms with Gasteiger partial charge in [-0.25, -0.2) is 8.42 Å². The van der Waals surface area contributed by atoms with Crippen LogP contribution in [0, 0.1) is 0 Å². The minimum Gasteiger partial charge on any atom is -0.492 e. The van der Waals surface area contributed by atoms with Crippen LogP contribution in [0.15, 0.2) is 53.4 Å². The normalized spacial score (nSPS) is 11.5. The molecule has 0 unspecified atom stereocenters. The van der Waals surface area contributed by atoms with E-state index in [1.807, 2.05) is 24.3 Å². The van der Waals surface area contributed by atoms with Gasteiger partial charge in [-0.05, 0) is 43.2 Å². The molecule has 134 valence electrons. The number of sulfonamides is 1. The molecule has 0 atom stereocenters. The number of ketones is 1. The minimum atomic E-state index is -3.61. The number of ether oxygens (including phenoxy) is 1. The molecule has 0 aliphatic heterocycles. The number of carbonyl (C=O) groups excluding carboxylic acids is 1. The summed E-state index contributed by atoms with van der Waals surface area (Å²) >= 11 is 0. The second kappa shape index (κ2) is 8.27. The summed E-state index contributed by atoms with van der Waals surface area (Å²) in [5, 5.41) is 0. The van der Waals surface area contributed by atoms with Crippen LogP contribution in [-0.4, -0.2) is 38.7 Å². The van der Waals surface area contributed by atoms with Crippen molar-refractivity contribution in [3.05, 3.63) is 59.7 Å². The van der Waals surface area contributed by atoms with Gasteiger partial charge in [-0.2, -0.15) is 4.31 Å². The first-order valence-electron chi connectivity index (χ1n) is 8.13. The maximum atomic E-state index is 12.5. The molecule has 0 bridgehead atoms. The molecule has 0 aromatic heterocycles. The predicted molar refractivity (Wildman–Crippen MR) is 97.6 cm³/mol. The van der Waals surface area contributed by atoms with Gasteiger partial charge in [0, 0.05) is 19.2 Å². The Morgan fingerprint density at radius 3 is 2.40 bits per heavy atom. The summed E-state index contributed by atoms with van der Waals surface area (Å²) in [5.74, 6) is 0.635. The first-order chi connectivity index (χ1) is 11.8. The number of carbonyl (C=O) groups is 1. The summed E-state index contributed by atoms with van der Waals surface area (Å²) in [6.45, 7) is 4.00. The molecule has 2 aromatic rings. The van der Waals surface area contributed by atoms with Crippen LogP contribution < -0.4 is 4.74 Å². The monoisotopic (exact) mass is 361 g/mol. The number of Topliss-reactive ketones (excluding diaryl/α,β-unsaturated/α-hetero) is 1. The van der Waals surface area contributed by atoms with Crippen LogP contribution in [0.4, 0.5) is 0 Å². The standard InChI is InChI=1S/C19H23NO4S/c1-4-16-6-5-7-18(14-16)24-13-12-20(3)25(22,23)19-10-8-17(9-11-19)15(2)21/h5-11,14H,4,12-13H2,1-3H3. The third kappa shape index (κ3) is 4.90. The predicted octanol–water partition coefficient (Wildman–Crippen LogP) is 3.15. The summed E-state index contributed by atoms with van der Waals surface area (Å²) in [5.41, 5.74) is 1.66. The fraction of sp³-hybridized carbons (Fsp3) is 0.316. The van der Waals surface area contributed by atoms with Crippen LogP contribution in [0.1, 0.15) is 29.8 Å². The average molecular weight is 361 g/mol. The average Bonchev–Trinajstić information content (AvgIpc) is 2.61. The van der Waals surface area contributed by atoms with Crippen molar-refractivity contribution in [2.75, 3.05) is 20.2 Å². The zero-order valence-electron chi connectivity index (χ0n) is 14.7. The lowest BCUT2D eigenvalue weighted by atomic mass is 10.2. The highest BCUT2D eigenvalue weighted by atomic mass is 32.2. The molecule has 0 aliphatic carbocycles. The molecular weight excluding hydrogens is 338 g/mol. The highest BCUT2D eigenvalue weighted by molar-refractivity contribution is 7.89. The van der Waals surface area contributed by atoms with Gasteiger partial charge >= 0.3 is 0 Å². The fourth-order valence-electron chi connectivity index (χ4n) is 2.31. The van der Waals surface area contributed by atoms with Crippen LogP contribution in [0.3, 0.4) is 0 Å². The van der Waals surface area contributed by atoms with E-state index < -0.39 is 10.0 Å². The van der Waals surface area contributed by atoms with Gasteiger partial charge in [0.25, 0.3) is 0 Å². The first kappa shape index (κ1) is 19.1. The minimum absolute atomic E-state index is 0.0972. The van der Waals surface area contributed by atoms with E-state index in [1.165, 1.54) is 48.1 Å². The molecule has 25 heavy (non-hydrogen) atoms. The number of rotatable bonds is 8. The highest BCUT2D eigenvalue weighted by Crippen LogP contribution is 2.17. The highest BCUT2D eigenvalue weighted by Gasteiger charge is 2.20. The number of hydrogen-bond donors (Lipinski definition) is 0. The Balaban J connectivity index is 1.98. The number of likely N-dealkylation sites (N-methyl/N-ethyl adjacent to an activating group) is 1. The first-order valence-corrected chi connectivity index (χ1v) is 9.57. The number of nitrogens with zero attached hydrogens (tertiary/aromatic N) is 1. The van der Waals surface area contributed by atoms with Crippen molar-refractivity contribution in [3.8, 4) is 5.75 Å². The summed E-state index contributed by atoms with van der Waals surface area (Å²) in [6, 6.07) is 13.7. The van der Waals surface area contributed by atoms with Crippen LogP contribution in [0.5, 0.6) is 5.75 Å². The van der Waals surface area contributed by atoms with E-state index in [-0.39, 0.29) is 23.8 Å². The van der Waals surface area contributed by atoms with Gasteiger partial charge in [-0.15, -0.1) is 0 Å². The Bertz CT molecular complexity index is 829. The van der Waals surface area contributed by atoms with Gasteiger partial charge in [0.15, 0.2) is 5.78 Å². The molecule has 0 aliphatic rings. The Hall–Kier alpha value is -2.18. The van der Waals surface area contributed by atoms with Gasteiger partial charge in [-0.1, -0.05) is 31.2 Å². The summed E-state index contributed by atoms with van der Waals surface area (Å²) < 4.78 is 32.0. The number of hydrogen-bond acceptors (Lipinski definition) is 4. The SMILES string of the molecule is CCc1cccc(OCCN(C)S(=O)(=O)c2ccc(C(C)=O)cc2)c1. The molecule has 2 aromatic carbocycles. The van der Waals surface area contributed by atoms with Crippen molar-refractivity contribution >= 4 is 15.8 Å². The van der Waals surface area contributed by atoms with Gasteiger partial charge in [0.2, 0.25) is 10.0 Å². The molecule has 5 nitrogen and oxygen atoms in total. The summed E-state index contributed by atoms with van der Waals surface area (Å²) in [6.07, 6.45) is 0.918. The molecule has 2 rings (SSSR count). The Morgan fingerprint density at radius 1 is 1.12 bits per heavy atom. The zero-order chi connectivity index (χ0) is 18.4. The molecule has 0 amide bonds. The summed E-state index contributed by atoms with van der Waals surface area (Å²) in [4.78, 5) is 11.4. The van der Waals surface area contributed by atoms with Gasteiger partial charge in [0.05, 0.1) is 4.90 Å². The van der Waals surface area contributed by atoms with Crippen molar-refractivity contribution in [3.63, 3.8) is 0 Å². The van der Waals surface area contributed by atoms with Crippen molar-refractivity contribution in [2.45, 2.75) is 25.2 Å². The maximum Gasteiger partial charge on any atom is 0.242 e. The smallest absolute Gasteiger partial charge is 0.242 e. The molecule has 0 spiro atoms. The van der Waals surface area contributed by atoms with Crippen LogP contribution in [0.25, 0.3) is 0 Å². The molecule has 0 saturated carbocycles. The fourth-order valence-corrected chi connectivity index (χ4v) is 3.46. The lowest BCUT2D eigenvalue weighted by Gasteiger charge is -2.18. The second-order valence-corrected chi connectivity index (χ2v) is 7.80. The zero-order valence-corrected chi connectivity index (χ0v) is 15.5. The Labute approximate surface area is 149 Å². The van der Waals surface area contributed by atoms with Crippen LogP contribution in [-0.2, 0) is 16.4 Å². The van der Waals surface area contributed by atoms with E-state index in [0.29, 0.717) is 5.56 Å². The quantitative estimate of drug-likeness (QED) is 0.678. The van der Waals surface area contributed by atoms with E-state index in [9.17, 15) is 13.2 Å².